The molecular weight excluding hydrogens is 424 g/mol. The van der Waals surface area contributed by atoms with Gasteiger partial charge in [0.25, 0.3) is 5.91 Å². The summed E-state index contributed by atoms with van der Waals surface area (Å²) in [4.78, 5) is 12.7. The van der Waals surface area contributed by atoms with Crippen LogP contribution in [0.15, 0.2) is 48.0 Å². The van der Waals surface area contributed by atoms with Gasteiger partial charge in [-0.15, -0.1) is 0 Å². The van der Waals surface area contributed by atoms with E-state index in [-0.39, 0.29) is 17.5 Å². The number of ether oxygens (including phenoxy) is 2. The Morgan fingerprint density at radius 1 is 1.16 bits per heavy atom. The van der Waals surface area contributed by atoms with Crippen molar-refractivity contribution < 1.29 is 14.3 Å². The van der Waals surface area contributed by atoms with E-state index in [1.54, 1.807) is 18.2 Å². The van der Waals surface area contributed by atoms with Gasteiger partial charge in [0, 0.05) is 11.1 Å². The number of nitriles is 1. The summed E-state index contributed by atoms with van der Waals surface area (Å²) in [6.45, 7) is 4.88. The van der Waals surface area contributed by atoms with Gasteiger partial charge >= 0.3 is 0 Å². The minimum atomic E-state index is -0.327. The Morgan fingerprint density at radius 2 is 1.91 bits per heavy atom. The zero-order chi connectivity index (χ0) is 22.9. The maximum absolute atomic E-state index is 12.7. The van der Waals surface area contributed by atoms with Gasteiger partial charge in [-0.1, -0.05) is 49.6 Å². The SMILES string of the molecule is CCOc1cc(/C=C(\C#N)C(=O)N[C@@H]2CCCC[C@@H]2C)ccc1OCc1ccc(Cl)cc1. The molecule has 0 unspecified atom stereocenters. The summed E-state index contributed by atoms with van der Waals surface area (Å²) in [5.41, 5.74) is 1.77. The van der Waals surface area contributed by atoms with E-state index in [4.69, 9.17) is 21.1 Å². The summed E-state index contributed by atoms with van der Waals surface area (Å²) in [5, 5.41) is 13.3. The van der Waals surface area contributed by atoms with Crippen LogP contribution in [-0.2, 0) is 11.4 Å². The van der Waals surface area contributed by atoms with Crippen molar-refractivity contribution in [1.29, 1.82) is 5.26 Å². The number of benzene rings is 2. The zero-order valence-corrected chi connectivity index (χ0v) is 19.3. The van der Waals surface area contributed by atoms with Crippen LogP contribution >= 0.6 is 11.6 Å². The molecule has 1 fully saturated rings. The molecule has 0 aromatic heterocycles. The Morgan fingerprint density at radius 3 is 2.59 bits per heavy atom. The minimum absolute atomic E-state index is 0.0834. The number of nitrogens with zero attached hydrogens (tertiary/aromatic N) is 1. The third-order valence-electron chi connectivity index (χ3n) is 5.68. The zero-order valence-electron chi connectivity index (χ0n) is 18.6. The second-order valence-electron chi connectivity index (χ2n) is 8.07. The average molecular weight is 453 g/mol. The quantitative estimate of drug-likeness (QED) is 0.398. The molecule has 0 saturated heterocycles. The Bertz CT molecular complexity index is 995. The van der Waals surface area contributed by atoms with Crippen molar-refractivity contribution in [3.8, 4) is 17.6 Å². The Balaban J connectivity index is 1.73. The second kappa shape index (κ2) is 11.6. The van der Waals surface area contributed by atoms with Gasteiger partial charge in [0.15, 0.2) is 11.5 Å². The maximum Gasteiger partial charge on any atom is 0.262 e. The van der Waals surface area contributed by atoms with Gasteiger partial charge in [-0.3, -0.25) is 4.79 Å². The van der Waals surface area contributed by atoms with E-state index in [9.17, 15) is 10.1 Å². The molecule has 1 N–H and O–H groups in total. The number of carbonyl (C=O) groups excluding carboxylic acids is 1. The number of hydrogen-bond donors (Lipinski definition) is 1. The Kier molecular flexibility index (Phi) is 8.58. The summed E-state index contributed by atoms with van der Waals surface area (Å²) in [6.07, 6.45) is 5.96. The molecule has 32 heavy (non-hydrogen) atoms. The molecule has 2 aromatic carbocycles. The molecular formula is C26H29ClN2O3. The molecule has 0 bridgehead atoms. The van der Waals surface area contributed by atoms with Crippen LogP contribution in [0.25, 0.3) is 6.08 Å². The van der Waals surface area contributed by atoms with E-state index in [1.807, 2.05) is 43.3 Å². The monoisotopic (exact) mass is 452 g/mol. The molecule has 0 radical (unpaired) electrons. The highest BCUT2D eigenvalue weighted by molar-refractivity contribution is 6.30. The molecule has 2 aromatic rings. The van der Waals surface area contributed by atoms with Gasteiger partial charge in [-0.2, -0.15) is 5.26 Å². The van der Waals surface area contributed by atoms with Gasteiger partial charge in [-0.05, 0) is 67.2 Å². The topological polar surface area (TPSA) is 71.3 Å². The highest BCUT2D eigenvalue weighted by Crippen LogP contribution is 2.30. The van der Waals surface area contributed by atoms with Gasteiger partial charge in [-0.25, -0.2) is 0 Å². The van der Waals surface area contributed by atoms with Gasteiger partial charge < -0.3 is 14.8 Å². The van der Waals surface area contributed by atoms with E-state index in [0.29, 0.717) is 41.2 Å². The van der Waals surface area contributed by atoms with Gasteiger partial charge in [0.1, 0.15) is 18.2 Å². The lowest BCUT2D eigenvalue weighted by atomic mass is 9.86. The first-order valence-electron chi connectivity index (χ1n) is 11.1. The van der Waals surface area contributed by atoms with Crippen molar-refractivity contribution in [1.82, 2.24) is 5.32 Å². The van der Waals surface area contributed by atoms with Crippen LogP contribution in [0.1, 0.15) is 50.7 Å². The van der Waals surface area contributed by atoms with Crippen LogP contribution in [0.4, 0.5) is 0 Å². The maximum atomic E-state index is 12.7. The van der Waals surface area contributed by atoms with E-state index >= 15 is 0 Å². The number of amides is 1. The van der Waals surface area contributed by atoms with E-state index in [0.717, 1.165) is 24.8 Å². The number of halogens is 1. The first-order valence-corrected chi connectivity index (χ1v) is 11.4. The van der Waals surface area contributed by atoms with Crippen molar-refractivity contribution in [2.24, 2.45) is 5.92 Å². The number of carbonyl (C=O) groups is 1. The summed E-state index contributed by atoms with van der Waals surface area (Å²) in [5.74, 6) is 1.26. The molecule has 3 rings (SSSR count). The number of nitrogens with one attached hydrogen (secondary N) is 1. The number of hydrogen-bond acceptors (Lipinski definition) is 4. The summed E-state index contributed by atoms with van der Waals surface area (Å²) in [6, 6.07) is 15.0. The lowest BCUT2D eigenvalue weighted by molar-refractivity contribution is -0.118. The smallest absolute Gasteiger partial charge is 0.262 e. The van der Waals surface area contributed by atoms with E-state index in [1.165, 1.54) is 6.42 Å². The van der Waals surface area contributed by atoms with Crippen molar-refractivity contribution in [2.75, 3.05) is 6.61 Å². The molecule has 2 atom stereocenters. The van der Waals surface area contributed by atoms with Crippen LogP contribution in [0, 0.1) is 17.2 Å². The lowest BCUT2D eigenvalue weighted by Gasteiger charge is -2.29. The summed E-state index contributed by atoms with van der Waals surface area (Å²) >= 11 is 5.93. The van der Waals surface area contributed by atoms with Crippen LogP contribution in [0.2, 0.25) is 5.02 Å². The highest BCUT2D eigenvalue weighted by atomic mass is 35.5. The fraction of sp³-hybridized carbons (Fsp3) is 0.385. The standard InChI is InChI=1S/C26H29ClN2O3/c1-3-31-25-15-20(10-13-24(25)32-17-19-8-11-22(27)12-9-19)14-21(16-28)26(30)29-23-7-5-4-6-18(23)2/h8-15,18,23H,3-7,17H2,1-2H3,(H,29,30)/b21-14+/t18-,23+/m0/s1. The highest BCUT2D eigenvalue weighted by Gasteiger charge is 2.24. The van der Waals surface area contributed by atoms with Crippen molar-refractivity contribution >= 4 is 23.6 Å². The lowest BCUT2D eigenvalue weighted by Crippen LogP contribution is -2.41. The van der Waals surface area contributed by atoms with Crippen molar-refractivity contribution in [3.05, 3.63) is 64.2 Å². The normalized spacial score (nSPS) is 18.5. The predicted octanol–water partition coefficient (Wildman–Crippen LogP) is 5.92. The van der Waals surface area contributed by atoms with Crippen LogP contribution in [-0.4, -0.2) is 18.6 Å². The molecule has 0 heterocycles. The first kappa shape index (κ1) is 23.7. The summed E-state index contributed by atoms with van der Waals surface area (Å²) in [7, 11) is 0. The third-order valence-corrected chi connectivity index (χ3v) is 5.93. The molecule has 0 spiro atoms. The fourth-order valence-corrected chi connectivity index (χ4v) is 3.96. The molecule has 1 amide bonds. The van der Waals surface area contributed by atoms with Crippen LogP contribution in [0.3, 0.4) is 0 Å². The van der Waals surface area contributed by atoms with Crippen molar-refractivity contribution in [2.45, 2.75) is 52.2 Å². The molecule has 168 valence electrons. The largest absolute Gasteiger partial charge is 0.490 e. The third kappa shape index (κ3) is 6.51. The molecule has 0 aliphatic heterocycles. The fourth-order valence-electron chi connectivity index (χ4n) is 3.84. The Hall–Kier alpha value is -2.97. The summed E-state index contributed by atoms with van der Waals surface area (Å²) < 4.78 is 11.7. The van der Waals surface area contributed by atoms with Gasteiger partial charge in [0.05, 0.1) is 6.61 Å². The van der Waals surface area contributed by atoms with E-state index in [2.05, 4.69) is 12.2 Å². The number of rotatable bonds is 8. The van der Waals surface area contributed by atoms with Crippen LogP contribution < -0.4 is 14.8 Å². The first-order chi connectivity index (χ1) is 15.5. The van der Waals surface area contributed by atoms with E-state index < -0.39 is 0 Å². The second-order valence-corrected chi connectivity index (χ2v) is 8.50. The molecule has 1 aliphatic rings. The van der Waals surface area contributed by atoms with Crippen LogP contribution in [0.5, 0.6) is 11.5 Å². The predicted molar refractivity (Wildman–Crippen MR) is 127 cm³/mol. The average Bonchev–Trinajstić information content (AvgIpc) is 2.79. The minimum Gasteiger partial charge on any atom is -0.490 e. The Labute approximate surface area is 195 Å². The van der Waals surface area contributed by atoms with Gasteiger partial charge in [0.2, 0.25) is 0 Å². The van der Waals surface area contributed by atoms with Crippen molar-refractivity contribution in [3.63, 3.8) is 0 Å². The molecule has 5 nitrogen and oxygen atoms in total. The molecule has 1 aliphatic carbocycles. The molecule has 1 saturated carbocycles. The molecule has 6 heteroatoms.